The maximum atomic E-state index is 10.9. The van der Waals surface area contributed by atoms with Gasteiger partial charge in [0.05, 0.1) is 11.6 Å². The van der Waals surface area contributed by atoms with E-state index in [9.17, 15) is 4.79 Å². The molecule has 15 heavy (non-hydrogen) atoms. The number of rotatable bonds is 1. The van der Waals surface area contributed by atoms with Gasteiger partial charge in [-0.25, -0.2) is 0 Å². The van der Waals surface area contributed by atoms with Gasteiger partial charge >= 0.3 is 5.97 Å². The molecule has 1 atom stereocenters. The summed E-state index contributed by atoms with van der Waals surface area (Å²) in [6.07, 6.45) is 1.21. The lowest BCUT2D eigenvalue weighted by Gasteiger charge is -2.16. The highest BCUT2D eigenvalue weighted by atomic mass is 16.4. The molecule has 0 saturated heterocycles. The SMILES string of the molecule is CC(C)(C)c1n[nH]c2c1CC(C(=O)O)C2. The minimum absolute atomic E-state index is 0.0164. The molecular formula is C11H16N2O2. The fourth-order valence-corrected chi connectivity index (χ4v) is 2.15. The second-order valence-corrected chi connectivity index (χ2v) is 5.22. The molecule has 0 spiro atoms. The van der Waals surface area contributed by atoms with Crippen molar-refractivity contribution in [2.75, 3.05) is 0 Å². The summed E-state index contributed by atoms with van der Waals surface area (Å²) in [5.41, 5.74) is 3.13. The summed E-state index contributed by atoms with van der Waals surface area (Å²) in [4.78, 5) is 10.9. The molecule has 1 unspecified atom stereocenters. The van der Waals surface area contributed by atoms with Gasteiger partial charge in [0.25, 0.3) is 0 Å². The van der Waals surface area contributed by atoms with Crippen LogP contribution in [0.25, 0.3) is 0 Å². The second kappa shape index (κ2) is 3.08. The van der Waals surface area contributed by atoms with Gasteiger partial charge in [-0.15, -0.1) is 0 Å². The maximum Gasteiger partial charge on any atom is 0.307 e. The van der Waals surface area contributed by atoms with Crippen LogP contribution in [0, 0.1) is 5.92 Å². The highest BCUT2D eigenvalue weighted by Gasteiger charge is 2.34. The number of aliphatic carboxylic acids is 1. The molecule has 0 fully saturated rings. The Bertz CT molecular complexity index is 401. The Morgan fingerprint density at radius 1 is 1.47 bits per heavy atom. The summed E-state index contributed by atoms with van der Waals surface area (Å²) in [5, 5.41) is 16.2. The van der Waals surface area contributed by atoms with E-state index in [-0.39, 0.29) is 11.3 Å². The first-order valence-electron chi connectivity index (χ1n) is 5.19. The fourth-order valence-electron chi connectivity index (χ4n) is 2.15. The lowest BCUT2D eigenvalue weighted by molar-refractivity contribution is -0.141. The Labute approximate surface area is 88.7 Å². The largest absolute Gasteiger partial charge is 0.481 e. The first-order chi connectivity index (χ1) is 6.89. The van der Waals surface area contributed by atoms with Crippen LogP contribution in [0.1, 0.15) is 37.7 Å². The first kappa shape index (κ1) is 10.2. The van der Waals surface area contributed by atoms with Crippen molar-refractivity contribution in [3.63, 3.8) is 0 Å². The lowest BCUT2D eigenvalue weighted by Crippen LogP contribution is -2.17. The van der Waals surface area contributed by atoms with Crippen LogP contribution in [0.3, 0.4) is 0 Å². The summed E-state index contributed by atoms with van der Waals surface area (Å²) in [6, 6.07) is 0. The molecule has 0 aliphatic heterocycles. The number of carboxylic acid groups (broad SMARTS) is 1. The number of fused-ring (bicyclic) bond motifs is 1. The van der Waals surface area contributed by atoms with Crippen LogP contribution in [-0.2, 0) is 23.1 Å². The fraction of sp³-hybridized carbons (Fsp3) is 0.636. The molecule has 0 bridgehead atoms. The van der Waals surface area contributed by atoms with E-state index in [0.29, 0.717) is 12.8 Å². The zero-order chi connectivity index (χ0) is 11.2. The van der Waals surface area contributed by atoms with Gasteiger partial charge in [0.2, 0.25) is 0 Å². The third kappa shape index (κ3) is 1.64. The molecule has 1 heterocycles. The number of carbonyl (C=O) groups is 1. The van der Waals surface area contributed by atoms with Crippen LogP contribution in [0.5, 0.6) is 0 Å². The molecule has 1 aromatic rings. The molecule has 0 aromatic carbocycles. The van der Waals surface area contributed by atoms with Crippen molar-refractivity contribution in [3.05, 3.63) is 17.0 Å². The molecule has 1 aromatic heterocycles. The van der Waals surface area contributed by atoms with Crippen molar-refractivity contribution >= 4 is 5.97 Å². The molecule has 0 saturated carbocycles. The number of aromatic nitrogens is 2. The molecule has 82 valence electrons. The average Bonchev–Trinajstić information content (AvgIpc) is 2.56. The molecule has 1 aliphatic carbocycles. The maximum absolute atomic E-state index is 10.9. The standard InChI is InChI=1S/C11H16N2O2/c1-11(2,3)9-7-4-6(10(14)15)5-8(7)12-13-9/h6H,4-5H2,1-3H3,(H,12,13)(H,14,15). The molecule has 2 N–H and O–H groups in total. The third-order valence-electron chi connectivity index (χ3n) is 2.91. The van der Waals surface area contributed by atoms with Gasteiger partial charge in [-0.05, 0) is 12.0 Å². The average molecular weight is 208 g/mol. The molecule has 4 nitrogen and oxygen atoms in total. The first-order valence-corrected chi connectivity index (χ1v) is 5.19. The summed E-state index contributed by atoms with van der Waals surface area (Å²) < 4.78 is 0. The number of H-pyrrole nitrogens is 1. The topological polar surface area (TPSA) is 66.0 Å². The monoisotopic (exact) mass is 208 g/mol. The summed E-state index contributed by atoms with van der Waals surface area (Å²) in [5.74, 6) is -0.977. The van der Waals surface area contributed by atoms with E-state index in [4.69, 9.17) is 5.11 Å². The van der Waals surface area contributed by atoms with Gasteiger partial charge < -0.3 is 5.11 Å². The van der Waals surface area contributed by atoms with Gasteiger partial charge in [0, 0.05) is 17.5 Å². The highest BCUT2D eigenvalue weighted by molar-refractivity contribution is 5.72. The number of carboxylic acids is 1. The van der Waals surface area contributed by atoms with Crippen molar-refractivity contribution in [1.29, 1.82) is 0 Å². The molecule has 1 aliphatic rings. The quantitative estimate of drug-likeness (QED) is 0.735. The van der Waals surface area contributed by atoms with Crippen LogP contribution < -0.4 is 0 Å². The highest BCUT2D eigenvalue weighted by Crippen LogP contribution is 2.33. The molecule has 2 rings (SSSR count). The summed E-state index contributed by atoms with van der Waals surface area (Å²) >= 11 is 0. The Kier molecular flexibility index (Phi) is 2.10. The van der Waals surface area contributed by atoms with Crippen LogP contribution in [0.15, 0.2) is 0 Å². The van der Waals surface area contributed by atoms with Crippen molar-refractivity contribution in [2.45, 2.75) is 39.0 Å². The van der Waals surface area contributed by atoms with Gasteiger partial charge in [-0.1, -0.05) is 20.8 Å². The summed E-state index contributed by atoms with van der Waals surface area (Å²) in [7, 11) is 0. The Hall–Kier alpha value is -1.32. The molecule has 4 heteroatoms. The number of nitrogens with zero attached hydrogens (tertiary/aromatic N) is 1. The van der Waals surface area contributed by atoms with Gasteiger partial charge in [-0.3, -0.25) is 9.89 Å². The van der Waals surface area contributed by atoms with Crippen LogP contribution in [-0.4, -0.2) is 21.3 Å². The van der Waals surface area contributed by atoms with E-state index in [0.717, 1.165) is 17.0 Å². The Morgan fingerprint density at radius 3 is 2.67 bits per heavy atom. The van der Waals surface area contributed by atoms with E-state index >= 15 is 0 Å². The minimum atomic E-state index is -0.709. The summed E-state index contributed by atoms with van der Waals surface area (Å²) in [6.45, 7) is 6.28. The molecule has 0 amide bonds. The van der Waals surface area contributed by atoms with Crippen molar-refractivity contribution < 1.29 is 9.90 Å². The van der Waals surface area contributed by atoms with Crippen LogP contribution in [0.4, 0.5) is 0 Å². The lowest BCUT2D eigenvalue weighted by atomic mass is 9.88. The minimum Gasteiger partial charge on any atom is -0.481 e. The zero-order valence-electron chi connectivity index (χ0n) is 9.29. The van der Waals surface area contributed by atoms with Crippen LogP contribution in [0.2, 0.25) is 0 Å². The van der Waals surface area contributed by atoms with E-state index in [2.05, 4.69) is 31.0 Å². The van der Waals surface area contributed by atoms with E-state index in [1.54, 1.807) is 0 Å². The van der Waals surface area contributed by atoms with E-state index < -0.39 is 5.97 Å². The molecular weight excluding hydrogens is 192 g/mol. The number of aromatic amines is 1. The number of hydrogen-bond acceptors (Lipinski definition) is 2. The van der Waals surface area contributed by atoms with E-state index in [1.807, 2.05) is 0 Å². The van der Waals surface area contributed by atoms with Crippen molar-refractivity contribution in [2.24, 2.45) is 5.92 Å². The molecule has 0 radical (unpaired) electrons. The Balaban J connectivity index is 2.33. The van der Waals surface area contributed by atoms with Gasteiger partial charge in [0.1, 0.15) is 0 Å². The normalized spacial score (nSPS) is 20.3. The second-order valence-electron chi connectivity index (χ2n) is 5.22. The third-order valence-corrected chi connectivity index (χ3v) is 2.91. The zero-order valence-corrected chi connectivity index (χ0v) is 9.29. The van der Waals surface area contributed by atoms with Crippen molar-refractivity contribution in [1.82, 2.24) is 10.2 Å². The van der Waals surface area contributed by atoms with Gasteiger partial charge in [-0.2, -0.15) is 5.10 Å². The predicted octanol–water partition coefficient (Wildman–Crippen LogP) is 1.51. The van der Waals surface area contributed by atoms with E-state index in [1.165, 1.54) is 0 Å². The smallest absolute Gasteiger partial charge is 0.307 e. The predicted molar refractivity (Wildman–Crippen MR) is 55.8 cm³/mol. The van der Waals surface area contributed by atoms with Crippen LogP contribution >= 0.6 is 0 Å². The number of hydrogen-bond donors (Lipinski definition) is 2. The van der Waals surface area contributed by atoms with Gasteiger partial charge in [0.15, 0.2) is 0 Å². The Morgan fingerprint density at radius 2 is 2.13 bits per heavy atom. The number of nitrogens with one attached hydrogen (secondary N) is 1. The van der Waals surface area contributed by atoms with Crippen molar-refractivity contribution in [3.8, 4) is 0 Å².